The van der Waals surface area contributed by atoms with E-state index in [0.29, 0.717) is 5.41 Å². The second-order valence-electron chi connectivity index (χ2n) is 6.24. The maximum atomic E-state index is 3.76. The Morgan fingerprint density at radius 3 is 2.55 bits per heavy atom. The van der Waals surface area contributed by atoms with E-state index in [4.69, 9.17) is 0 Å². The van der Waals surface area contributed by atoms with Gasteiger partial charge in [-0.25, -0.2) is 0 Å². The number of hydrogen-bond acceptors (Lipinski definition) is 3. The lowest BCUT2D eigenvalue weighted by Crippen LogP contribution is -2.43. The topological polar surface area (TPSA) is 15.3 Å². The largest absolute Gasteiger partial charge is 0.313 e. The van der Waals surface area contributed by atoms with Crippen LogP contribution in [0.5, 0.6) is 0 Å². The molecule has 2 rings (SSSR count). The maximum absolute atomic E-state index is 3.76. The van der Waals surface area contributed by atoms with Crippen LogP contribution in [0.2, 0.25) is 0 Å². The van der Waals surface area contributed by atoms with E-state index < -0.39 is 0 Å². The smallest absolute Gasteiger partial charge is 0.0328 e. The van der Waals surface area contributed by atoms with Gasteiger partial charge < -0.3 is 5.32 Å². The third-order valence-electron chi connectivity index (χ3n) is 4.81. The molecule has 1 aliphatic carbocycles. The first-order chi connectivity index (χ1) is 9.71. The highest BCUT2D eigenvalue weighted by Gasteiger charge is 2.31. The van der Waals surface area contributed by atoms with Crippen LogP contribution < -0.4 is 5.32 Å². The zero-order chi connectivity index (χ0) is 14.4. The van der Waals surface area contributed by atoms with E-state index >= 15 is 0 Å². The Balaban J connectivity index is 1.92. The van der Waals surface area contributed by atoms with E-state index in [1.54, 1.807) is 0 Å². The van der Waals surface area contributed by atoms with Gasteiger partial charge in [-0.15, -0.1) is 11.3 Å². The molecule has 0 bridgehead atoms. The molecular weight excluding hydrogens is 264 g/mol. The van der Waals surface area contributed by atoms with Crippen LogP contribution in [-0.2, 0) is 6.54 Å². The summed E-state index contributed by atoms with van der Waals surface area (Å²) >= 11 is 1.88. The lowest BCUT2D eigenvalue weighted by molar-refractivity contribution is 0.134. The minimum absolute atomic E-state index is 0.440. The Bertz CT molecular complexity index is 366. The summed E-state index contributed by atoms with van der Waals surface area (Å²) in [5.41, 5.74) is 0.440. The van der Waals surface area contributed by atoms with Crippen molar-refractivity contribution in [3.05, 3.63) is 22.4 Å². The van der Waals surface area contributed by atoms with Gasteiger partial charge in [0.15, 0.2) is 0 Å². The van der Waals surface area contributed by atoms with E-state index in [2.05, 4.69) is 48.5 Å². The molecule has 1 saturated carbocycles. The molecule has 0 atom stereocenters. The average Bonchev–Trinajstić information content (AvgIpc) is 3.18. The molecule has 114 valence electrons. The van der Waals surface area contributed by atoms with Gasteiger partial charge in [-0.2, -0.15) is 0 Å². The van der Waals surface area contributed by atoms with Crippen LogP contribution in [0.25, 0.3) is 0 Å². The summed E-state index contributed by atoms with van der Waals surface area (Å²) in [6.45, 7) is 11.7. The number of nitrogens with zero attached hydrogens (tertiary/aromatic N) is 1. The van der Waals surface area contributed by atoms with Gasteiger partial charge in [-0.1, -0.05) is 26.8 Å². The van der Waals surface area contributed by atoms with E-state index in [1.807, 2.05) is 11.3 Å². The van der Waals surface area contributed by atoms with Crippen molar-refractivity contribution in [2.24, 2.45) is 5.41 Å². The lowest BCUT2D eigenvalue weighted by atomic mass is 9.81. The van der Waals surface area contributed by atoms with Crippen molar-refractivity contribution in [1.82, 2.24) is 10.2 Å². The zero-order valence-electron chi connectivity index (χ0n) is 13.3. The Hall–Kier alpha value is -0.380. The van der Waals surface area contributed by atoms with Crippen LogP contribution in [0, 0.1) is 5.41 Å². The fourth-order valence-corrected chi connectivity index (χ4v) is 3.55. The van der Waals surface area contributed by atoms with Crippen molar-refractivity contribution >= 4 is 11.3 Å². The standard InChI is InChI=1S/C17H30N2S/c1-4-17(5-2,13-18-15-9-10-15)14-19(6-3)12-16-8-7-11-20-16/h7-8,11,15,18H,4-6,9-10,12-14H2,1-3H3. The summed E-state index contributed by atoms with van der Waals surface area (Å²) in [6, 6.07) is 5.24. The van der Waals surface area contributed by atoms with Gasteiger partial charge in [0, 0.05) is 30.6 Å². The van der Waals surface area contributed by atoms with Gasteiger partial charge in [-0.05, 0) is 49.1 Å². The molecule has 0 amide bonds. The number of rotatable bonds is 10. The highest BCUT2D eigenvalue weighted by atomic mass is 32.1. The monoisotopic (exact) mass is 294 g/mol. The molecule has 1 aromatic heterocycles. The molecule has 2 nitrogen and oxygen atoms in total. The van der Waals surface area contributed by atoms with E-state index in [0.717, 1.165) is 19.1 Å². The van der Waals surface area contributed by atoms with Crippen molar-refractivity contribution in [2.45, 2.75) is 59.0 Å². The van der Waals surface area contributed by atoms with Crippen LogP contribution in [0.1, 0.15) is 51.3 Å². The molecule has 0 spiro atoms. The molecule has 0 radical (unpaired) electrons. The summed E-state index contributed by atoms with van der Waals surface area (Å²) in [5.74, 6) is 0. The zero-order valence-corrected chi connectivity index (χ0v) is 14.1. The third kappa shape index (κ3) is 4.57. The first kappa shape index (κ1) is 16.0. The summed E-state index contributed by atoms with van der Waals surface area (Å²) in [4.78, 5) is 4.11. The molecule has 1 aromatic rings. The van der Waals surface area contributed by atoms with Gasteiger partial charge in [0.05, 0.1) is 0 Å². The normalized spacial score (nSPS) is 16.0. The number of hydrogen-bond donors (Lipinski definition) is 1. The third-order valence-corrected chi connectivity index (χ3v) is 5.67. The molecule has 3 heteroatoms. The quantitative estimate of drug-likeness (QED) is 0.698. The van der Waals surface area contributed by atoms with Gasteiger partial charge in [0.2, 0.25) is 0 Å². The Morgan fingerprint density at radius 2 is 2.05 bits per heavy atom. The van der Waals surface area contributed by atoms with Crippen LogP contribution in [0.15, 0.2) is 17.5 Å². The van der Waals surface area contributed by atoms with Gasteiger partial charge in [-0.3, -0.25) is 4.90 Å². The molecule has 1 N–H and O–H groups in total. The van der Waals surface area contributed by atoms with Crippen molar-refractivity contribution in [2.75, 3.05) is 19.6 Å². The van der Waals surface area contributed by atoms with Crippen LogP contribution in [-0.4, -0.2) is 30.6 Å². The Morgan fingerprint density at radius 1 is 1.30 bits per heavy atom. The summed E-state index contributed by atoms with van der Waals surface area (Å²) in [5, 5.41) is 5.95. The van der Waals surface area contributed by atoms with Crippen molar-refractivity contribution < 1.29 is 0 Å². The lowest BCUT2D eigenvalue weighted by Gasteiger charge is -2.37. The fourth-order valence-electron chi connectivity index (χ4n) is 2.80. The SMILES string of the molecule is CCN(Cc1cccs1)CC(CC)(CC)CNC1CC1. The second kappa shape index (κ2) is 7.58. The molecule has 1 heterocycles. The summed E-state index contributed by atoms with van der Waals surface area (Å²) in [7, 11) is 0. The summed E-state index contributed by atoms with van der Waals surface area (Å²) in [6.07, 6.45) is 5.31. The highest BCUT2D eigenvalue weighted by Crippen LogP contribution is 2.30. The first-order valence-electron chi connectivity index (χ1n) is 8.19. The molecule has 1 fully saturated rings. The minimum Gasteiger partial charge on any atom is -0.313 e. The molecule has 0 saturated heterocycles. The molecule has 20 heavy (non-hydrogen) atoms. The van der Waals surface area contributed by atoms with Gasteiger partial charge >= 0.3 is 0 Å². The van der Waals surface area contributed by atoms with Gasteiger partial charge in [0.25, 0.3) is 0 Å². The van der Waals surface area contributed by atoms with E-state index in [9.17, 15) is 0 Å². The van der Waals surface area contributed by atoms with Crippen LogP contribution in [0.3, 0.4) is 0 Å². The molecule has 0 unspecified atom stereocenters. The minimum atomic E-state index is 0.440. The average molecular weight is 295 g/mol. The molecular formula is C17H30N2S. The van der Waals surface area contributed by atoms with E-state index in [1.165, 1.54) is 43.6 Å². The molecule has 1 aliphatic rings. The predicted octanol–water partition coefficient (Wildman–Crippen LogP) is 4.13. The Labute approximate surface area is 128 Å². The van der Waals surface area contributed by atoms with Crippen LogP contribution in [0.4, 0.5) is 0 Å². The van der Waals surface area contributed by atoms with Crippen molar-refractivity contribution in [3.8, 4) is 0 Å². The second-order valence-corrected chi connectivity index (χ2v) is 7.28. The van der Waals surface area contributed by atoms with Crippen LogP contribution >= 0.6 is 11.3 Å². The molecule has 0 aliphatic heterocycles. The fraction of sp³-hybridized carbons (Fsp3) is 0.765. The Kier molecular flexibility index (Phi) is 6.06. The predicted molar refractivity (Wildman–Crippen MR) is 89.3 cm³/mol. The molecule has 0 aromatic carbocycles. The van der Waals surface area contributed by atoms with E-state index in [-0.39, 0.29) is 0 Å². The van der Waals surface area contributed by atoms with Crippen molar-refractivity contribution in [1.29, 1.82) is 0 Å². The highest BCUT2D eigenvalue weighted by molar-refractivity contribution is 7.09. The number of thiophene rings is 1. The van der Waals surface area contributed by atoms with Gasteiger partial charge in [0.1, 0.15) is 0 Å². The summed E-state index contributed by atoms with van der Waals surface area (Å²) < 4.78 is 0. The first-order valence-corrected chi connectivity index (χ1v) is 9.07. The van der Waals surface area contributed by atoms with Crippen molar-refractivity contribution in [3.63, 3.8) is 0 Å². The number of nitrogens with one attached hydrogen (secondary N) is 1. The maximum Gasteiger partial charge on any atom is 0.0328 e.